The Morgan fingerprint density at radius 3 is 2.66 bits per heavy atom. The van der Waals surface area contributed by atoms with E-state index in [-0.39, 0.29) is 11.9 Å². The minimum atomic E-state index is -0.331. The Bertz CT molecular complexity index is 1360. The molecule has 1 atom stereocenters. The highest BCUT2D eigenvalue weighted by Crippen LogP contribution is 2.28. The molecular formula is C25H24Br2N6O2. The predicted octanol–water partition coefficient (Wildman–Crippen LogP) is 5.06. The van der Waals surface area contributed by atoms with Gasteiger partial charge in [0.15, 0.2) is 0 Å². The van der Waals surface area contributed by atoms with Crippen molar-refractivity contribution in [1.29, 1.82) is 0 Å². The van der Waals surface area contributed by atoms with Crippen LogP contribution in [-0.4, -0.2) is 55.3 Å². The summed E-state index contributed by atoms with van der Waals surface area (Å²) in [5.74, 6) is -0.0763. The van der Waals surface area contributed by atoms with Crippen molar-refractivity contribution >= 4 is 37.8 Å². The minimum absolute atomic E-state index is 0.0763. The Morgan fingerprint density at radius 1 is 1.14 bits per heavy atom. The van der Waals surface area contributed by atoms with Gasteiger partial charge >= 0.3 is 0 Å². The minimum Gasteiger partial charge on any atom is -0.377 e. The fourth-order valence-electron chi connectivity index (χ4n) is 4.27. The zero-order valence-electron chi connectivity index (χ0n) is 19.4. The molecule has 4 aromatic rings. The standard InChI is InChI=1S/C25H24Br2N6O2/c1-3-23-20(13-28-33(23)18-6-4-17(26)5-7-18)25(34)31-10-11-35-15-24(31)22-14-32(30-29-22)19-8-9-21(27)16(2)12-19/h4-9,12-14,24H,3,10-11,15H2,1-2H3. The molecule has 180 valence electrons. The van der Waals surface area contributed by atoms with Gasteiger partial charge in [0.2, 0.25) is 0 Å². The van der Waals surface area contributed by atoms with E-state index in [4.69, 9.17) is 4.74 Å². The lowest BCUT2D eigenvalue weighted by Crippen LogP contribution is -2.43. The van der Waals surface area contributed by atoms with Gasteiger partial charge in [0.05, 0.1) is 48.2 Å². The molecule has 1 amide bonds. The summed E-state index contributed by atoms with van der Waals surface area (Å²) < 4.78 is 11.3. The molecule has 1 unspecified atom stereocenters. The molecule has 8 nitrogen and oxygen atoms in total. The second-order valence-corrected chi connectivity index (χ2v) is 10.1. The van der Waals surface area contributed by atoms with Crippen molar-refractivity contribution in [3.63, 3.8) is 0 Å². The summed E-state index contributed by atoms with van der Waals surface area (Å²) in [6, 6.07) is 13.5. The van der Waals surface area contributed by atoms with Gasteiger partial charge in [-0.3, -0.25) is 4.79 Å². The maximum Gasteiger partial charge on any atom is 0.258 e. The lowest BCUT2D eigenvalue weighted by Gasteiger charge is -2.34. The number of ether oxygens (including phenoxy) is 1. The van der Waals surface area contributed by atoms with E-state index in [2.05, 4.69) is 47.3 Å². The van der Waals surface area contributed by atoms with Gasteiger partial charge in [-0.05, 0) is 61.4 Å². The molecule has 0 spiro atoms. The smallest absolute Gasteiger partial charge is 0.258 e. The van der Waals surface area contributed by atoms with E-state index >= 15 is 0 Å². The summed E-state index contributed by atoms with van der Waals surface area (Å²) in [5.41, 5.74) is 5.08. The van der Waals surface area contributed by atoms with Crippen LogP contribution >= 0.6 is 31.9 Å². The van der Waals surface area contributed by atoms with E-state index in [1.54, 1.807) is 10.9 Å². The highest BCUT2D eigenvalue weighted by atomic mass is 79.9. The molecule has 2 aromatic carbocycles. The Kier molecular flexibility index (Phi) is 6.86. The number of aromatic nitrogens is 5. The van der Waals surface area contributed by atoms with Crippen molar-refractivity contribution < 1.29 is 9.53 Å². The third-order valence-corrected chi connectivity index (χ3v) is 7.57. The van der Waals surface area contributed by atoms with Crippen LogP contribution in [0.25, 0.3) is 11.4 Å². The fourth-order valence-corrected chi connectivity index (χ4v) is 4.78. The first-order valence-corrected chi connectivity index (χ1v) is 12.9. The number of carbonyl (C=O) groups excluding carboxylic acids is 1. The van der Waals surface area contributed by atoms with Gasteiger partial charge in [0.25, 0.3) is 5.91 Å². The van der Waals surface area contributed by atoms with E-state index in [1.165, 1.54) is 0 Å². The molecule has 0 N–H and O–H groups in total. The number of carbonyl (C=O) groups is 1. The first-order chi connectivity index (χ1) is 17.0. The van der Waals surface area contributed by atoms with Gasteiger partial charge in [-0.25, -0.2) is 9.36 Å². The highest BCUT2D eigenvalue weighted by Gasteiger charge is 2.33. The van der Waals surface area contributed by atoms with Crippen LogP contribution in [0.5, 0.6) is 0 Å². The molecule has 2 aromatic heterocycles. The molecule has 1 saturated heterocycles. The van der Waals surface area contributed by atoms with Crippen LogP contribution in [0.4, 0.5) is 0 Å². The van der Waals surface area contributed by atoms with Crippen molar-refractivity contribution in [2.24, 2.45) is 0 Å². The number of morpholine rings is 1. The third-order valence-electron chi connectivity index (χ3n) is 6.15. The first-order valence-electron chi connectivity index (χ1n) is 11.4. The van der Waals surface area contributed by atoms with Crippen LogP contribution in [0.15, 0.2) is 63.8 Å². The van der Waals surface area contributed by atoms with Crippen molar-refractivity contribution in [2.45, 2.75) is 26.3 Å². The molecular weight excluding hydrogens is 576 g/mol. The number of benzene rings is 2. The Hall–Kier alpha value is -2.82. The zero-order valence-corrected chi connectivity index (χ0v) is 22.5. The van der Waals surface area contributed by atoms with Crippen LogP contribution in [-0.2, 0) is 11.2 Å². The quantitative estimate of drug-likeness (QED) is 0.320. The van der Waals surface area contributed by atoms with Crippen LogP contribution < -0.4 is 0 Å². The molecule has 35 heavy (non-hydrogen) atoms. The summed E-state index contributed by atoms with van der Waals surface area (Å²) >= 11 is 7.00. The van der Waals surface area contributed by atoms with Crippen molar-refractivity contribution in [1.82, 2.24) is 29.7 Å². The van der Waals surface area contributed by atoms with Crippen LogP contribution in [0, 0.1) is 6.92 Å². The first kappa shape index (κ1) is 23.9. The third kappa shape index (κ3) is 4.70. The molecule has 1 fully saturated rings. The Balaban J connectivity index is 1.44. The largest absolute Gasteiger partial charge is 0.377 e. The maximum absolute atomic E-state index is 13.8. The SMILES string of the molecule is CCc1c(C(=O)N2CCOCC2c2cn(-c3ccc(Br)c(C)c3)nn2)cnn1-c1ccc(Br)cc1. The fraction of sp³-hybridized carbons (Fsp3) is 0.280. The Morgan fingerprint density at radius 2 is 1.91 bits per heavy atom. The second-order valence-electron chi connectivity index (χ2n) is 8.36. The monoisotopic (exact) mass is 598 g/mol. The zero-order chi connectivity index (χ0) is 24.5. The summed E-state index contributed by atoms with van der Waals surface area (Å²) in [6.45, 7) is 5.38. The Labute approximate surface area is 220 Å². The van der Waals surface area contributed by atoms with Crippen molar-refractivity contribution in [3.05, 3.63) is 86.3 Å². The van der Waals surface area contributed by atoms with Crippen molar-refractivity contribution in [3.8, 4) is 11.4 Å². The second kappa shape index (κ2) is 10.0. The molecule has 10 heteroatoms. The predicted molar refractivity (Wildman–Crippen MR) is 139 cm³/mol. The van der Waals surface area contributed by atoms with Crippen LogP contribution in [0.1, 0.15) is 40.3 Å². The summed E-state index contributed by atoms with van der Waals surface area (Å²) in [5, 5.41) is 13.3. The molecule has 3 heterocycles. The van der Waals surface area contributed by atoms with E-state index in [0.29, 0.717) is 37.4 Å². The number of halogens is 2. The van der Waals surface area contributed by atoms with Gasteiger partial charge in [-0.1, -0.05) is 44.0 Å². The number of aryl methyl sites for hydroxylation is 1. The average Bonchev–Trinajstić information content (AvgIpc) is 3.53. The number of hydrogen-bond acceptors (Lipinski definition) is 5. The summed E-state index contributed by atoms with van der Waals surface area (Å²) in [6.07, 6.45) is 4.21. The average molecular weight is 600 g/mol. The lowest BCUT2D eigenvalue weighted by atomic mass is 10.1. The van der Waals surface area contributed by atoms with E-state index in [1.807, 2.05) is 72.1 Å². The maximum atomic E-state index is 13.8. The van der Waals surface area contributed by atoms with E-state index in [9.17, 15) is 4.79 Å². The molecule has 0 aliphatic carbocycles. The lowest BCUT2D eigenvalue weighted by molar-refractivity contribution is -0.00398. The number of amides is 1. The molecule has 1 aliphatic rings. The molecule has 0 saturated carbocycles. The molecule has 0 bridgehead atoms. The van der Waals surface area contributed by atoms with Crippen LogP contribution in [0.3, 0.4) is 0 Å². The molecule has 5 rings (SSSR count). The summed E-state index contributed by atoms with van der Waals surface area (Å²) in [4.78, 5) is 15.6. The summed E-state index contributed by atoms with van der Waals surface area (Å²) in [7, 11) is 0. The van der Waals surface area contributed by atoms with Gasteiger partial charge in [-0.2, -0.15) is 5.10 Å². The van der Waals surface area contributed by atoms with E-state index < -0.39 is 0 Å². The number of hydrogen-bond donors (Lipinski definition) is 0. The number of nitrogens with zero attached hydrogens (tertiary/aromatic N) is 6. The highest BCUT2D eigenvalue weighted by molar-refractivity contribution is 9.10. The van der Waals surface area contributed by atoms with Crippen LogP contribution in [0.2, 0.25) is 0 Å². The van der Waals surface area contributed by atoms with Crippen molar-refractivity contribution in [2.75, 3.05) is 19.8 Å². The van der Waals surface area contributed by atoms with Gasteiger partial charge in [-0.15, -0.1) is 5.10 Å². The molecule has 1 aliphatic heterocycles. The topological polar surface area (TPSA) is 78.1 Å². The van der Waals surface area contributed by atoms with Gasteiger partial charge in [0.1, 0.15) is 11.7 Å². The normalized spacial score (nSPS) is 16.0. The van der Waals surface area contributed by atoms with E-state index in [0.717, 1.165) is 31.6 Å². The van der Waals surface area contributed by atoms with Gasteiger partial charge in [0, 0.05) is 15.5 Å². The molecule has 0 radical (unpaired) electrons. The van der Waals surface area contributed by atoms with Gasteiger partial charge < -0.3 is 9.64 Å². The number of rotatable bonds is 5.